The molecule has 31 heavy (non-hydrogen) atoms. The Bertz CT molecular complexity index is 912. The number of piperidine rings is 1. The SMILES string of the molecule is CCCCOc1cc2c([nH]c(=O)n2CCCCCN2CCC(C(=O)OC)CC2)c(C)n1. The third-order valence-corrected chi connectivity index (χ3v) is 6.15. The summed E-state index contributed by atoms with van der Waals surface area (Å²) in [5.41, 5.74) is 2.36. The van der Waals surface area contributed by atoms with Gasteiger partial charge in [-0.3, -0.25) is 9.36 Å². The van der Waals surface area contributed by atoms with Crippen molar-refractivity contribution in [3.63, 3.8) is 0 Å². The zero-order valence-electron chi connectivity index (χ0n) is 19.1. The lowest BCUT2D eigenvalue weighted by Crippen LogP contribution is -2.37. The molecule has 2 aromatic heterocycles. The van der Waals surface area contributed by atoms with Crippen LogP contribution in [-0.2, 0) is 16.1 Å². The summed E-state index contributed by atoms with van der Waals surface area (Å²) >= 11 is 0. The van der Waals surface area contributed by atoms with E-state index in [9.17, 15) is 9.59 Å². The van der Waals surface area contributed by atoms with Crippen LogP contribution >= 0.6 is 0 Å². The number of imidazole rings is 1. The third-order valence-electron chi connectivity index (χ3n) is 6.15. The molecule has 1 saturated heterocycles. The average molecular weight is 433 g/mol. The number of aromatic nitrogens is 3. The summed E-state index contributed by atoms with van der Waals surface area (Å²) in [5.74, 6) is 0.568. The van der Waals surface area contributed by atoms with Crippen molar-refractivity contribution >= 4 is 17.0 Å². The molecule has 2 aromatic rings. The molecule has 1 aliphatic heterocycles. The number of likely N-dealkylation sites (tertiary alicyclic amines) is 1. The largest absolute Gasteiger partial charge is 0.478 e. The minimum absolute atomic E-state index is 0.0591. The number of rotatable bonds is 11. The Labute approximate surface area is 183 Å². The minimum atomic E-state index is -0.0875. The number of ether oxygens (including phenoxy) is 2. The Morgan fingerprint density at radius 3 is 2.65 bits per heavy atom. The number of nitrogens with zero attached hydrogens (tertiary/aromatic N) is 3. The monoisotopic (exact) mass is 432 g/mol. The summed E-state index contributed by atoms with van der Waals surface area (Å²) < 4.78 is 12.4. The first-order chi connectivity index (χ1) is 15.0. The van der Waals surface area contributed by atoms with E-state index in [0.717, 1.165) is 81.3 Å². The number of fused-ring (bicyclic) bond motifs is 1. The van der Waals surface area contributed by atoms with E-state index >= 15 is 0 Å². The normalized spacial score (nSPS) is 15.5. The second-order valence-corrected chi connectivity index (χ2v) is 8.42. The molecule has 0 aliphatic carbocycles. The number of aromatic amines is 1. The zero-order chi connectivity index (χ0) is 22.2. The zero-order valence-corrected chi connectivity index (χ0v) is 19.1. The number of unbranched alkanes of at least 4 members (excludes halogenated alkanes) is 3. The number of methoxy groups -OCH3 is 1. The van der Waals surface area contributed by atoms with Gasteiger partial charge in [-0.1, -0.05) is 19.8 Å². The van der Waals surface area contributed by atoms with Crippen molar-refractivity contribution in [3.8, 4) is 5.88 Å². The third kappa shape index (κ3) is 6.09. The van der Waals surface area contributed by atoms with Crippen LogP contribution in [0, 0.1) is 12.8 Å². The lowest BCUT2D eigenvalue weighted by atomic mass is 9.97. The minimum Gasteiger partial charge on any atom is -0.478 e. The van der Waals surface area contributed by atoms with Gasteiger partial charge in [0.25, 0.3) is 0 Å². The number of pyridine rings is 1. The molecule has 1 N–H and O–H groups in total. The van der Waals surface area contributed by atoms with Crippen LogP contribution in [0.4, 0.5) is 0 Å². The van der Waals surface area contributed by atoms with Crippen molar-refractivity contribution in [2.45, 2.75) is 65.3 Å². The van der Waals surface area contributed by atoms with Crippen molar-refractivity contribution < 1.29 is 14.3 Å². The highest BCUT2D eigenvalue weighted by atomic mass is 16.5. The molecule has 0 radical (unpaired) electrons. The first-order valence-electron chi connectivity index (χ1n) is 11.6. The van der Waals surface area contributed by atoms with Gasteiger partial charge in [0.05, 0.1) is 36.4 Å². The van der Waals surface area contributed by atoms with Crippen molar-refractivity contribution in [1.29, 1.82) is 0 Å². The van der Waals surface area contributed by atoms with Crippen LogP contribution in [0.2, 0.25) is 0 Å². The number of hydrogen-bond donors (Lipinski definition) is 1. The Kier molecular flexibility index (Phi) is 8.51. The highest BCUT2D eigenvalue weighted by molar-refractivity contribution is 5.78. The molecule has 1 aliphatic rings. The molecule has 0 bridgehead atoms. The van der Waals surface area contributed by atoms with Crippen molar-refractivity contribution in [3.05, 3.63) is 22.2 Å². The van der Waals surface area contributed by atoms with E-state index in [4.69, 9.17) is 9.47 Å². The summed E-state index contributed by atoms with van der Waals surface area (Å²) in [6, 6.07) is 1.88. The quantitative estimate of drug-likeness (QED) is 0.433. The van der Waals surface area contributed by atoms with Crippen LogP contribution in [0.5, 0.6) is 5.88 Å². The molecular weight excluding hydrogens is 396 g/mol. The van der Waals surface area contributed by atoms with E-state index in [2.05, 4.69) is 21.8 Å². The second kappa shape index (κ2) is 11.3. The van der Waals surface area contributed by atoms with Crippen molar-refractivity contribution in [2.75, 3.05) is 33.4 Å². The molecule has 8 heteroatoms. The van der Waals surface area contributed by atoms with Crippen LogP contribution < -0.4 is 10.4 Å². The van der Waals surface area contributed by atoms with Gasteiger partial charge in [-0.15, -0.1) is 0 Å². The van der Waals surface area contributed by atoms with Crippen LogP contribution in [-0.4, -0.2) is 58.8 Å². The van der Waals surface area contributed by atoms with Crippen molar-refractivity contribution in [2.24, 2.45) is 5.92 Å². The summed E-state index contributed by atoms with van der Waals surface area (Å²) in [6.45, 7) is 8.29. The summed E-state index contributed by atoms with van der Waals surface area (Å²) in [7, 11) is 1.46. The van der Waals surface area contributed by atoms with Gasteiger partial charge in [0.15, 0.2) is 0 Å². The van der Waals surface area contributed by atoms with Gasteiger partial charge in [0.2, 0.25) is 5.88 Å². The number of H-pyrrole nitrogens is 1. The molecular formula is C23H36N4O4. The van der Waals surface area contributed by atoms with Crippen LogP contribution in [0.25, 0.3) is 11.0 Å². The molecule has 0 amide bonds. The first-order valence-corrected chi connectivity index (χ1v) is 11.6. The number of hydrogen-bond acceptors (Lipinski definition) is 6. The van der Waals surface area contributed by atoms with Gasteiger partial charge in [-0.05, 0) is 58.7 Å². The number of esters is 1. The maximum absolute atomic E-state index is 12.5. The van der Waals surface area contributed by atoms with Crippen molar-refractivity contribution in [1.82, 2.24) is 19.4 Å². The topological polar surface area (TPSA) is 89.5 Å². The molecule has 0 saturated carbocycles. The van der Waals surface area contributed by atoms with Gasteiger partial charge in [0, 0.05) is 12.6 Å². The maximum atomic E-state index is 12.5. The standard InChI is InChI=1S/C23H36N4O4/c1-4-5-15-31-20-16-19-21(17(2)24-20)25-23(29)27(19)12-8-6-7-11-26-13-9-18(10-14-26)22(28)30-3/h16,18H,4-15H2,1-3H3,(H,25,29). The number of aryl methyl sites for hydroxylation is 2. The lowest BCUT2D eigenvalue weighted by Gasteiger charge is -2.30. The highest BCUT2D eigenvalue weighted by Gasteiger charge is 2.25. The molecule has 8 nitrogen and oxygen atoms in total. The molecule has 0 unspecified atom stereocenters. The van der Waals surface area contributed by atoms with Gasteiger partial charge >= 0.3 is 11.7 Å². The number of carbonyl (C=O) groups is 1. The molecule has 3 rings (SSSR count). The van der Waals surface area contributed by atoms with Gasteiger partial charge in [-0.25, -0.2) is 9.78 Å². The van der Waals surface area contributed by atoms with E-state index < -0.39 is 0 Å². The molecule has 3 heterocycles. The Morgan fingerprint density at radius 1 is 1.19 bits per heavy atom. The molecule has 0 aromatic carbocycles. The van der Waals surface area contributed by atoms with E-state index in [1.54, 1.807) is 4.57 Å². The number of nitrogens with one attached hydrogen (secondary N) is 1. The smallest absolute Gasteiger partial charge is 0.326 e. The lowest BCUT2D eigenvalue weighted by molar-refractivity contribution is -0.147. The molecule has 1 fully saturated rings. The summed E-state index contributed by atoms with van der Waals surface area (Å²) in [6.07, 6.45) is 6.91. The second-order valence-electron chi connectivity index (χ2n) is 8.42. The van der Waals surface area contributed by atoms with Gasteiger partial charge in [0.1, 0.15) is 0 Å². The van der Waals surface area contributed by atoms with Crippen LogP contribution in [0.3, 0.4) is 0 Å². The summed E-state index contributed by atoms with van der Waals surface area (Å²) in [5, 5.41) is 0. The van der Waals surface area contributed by atoms with E-state index in [1.807, 2.05) is 13.0 Å². The van der Waals surface area contributed by atoms with E-state index in [0.29, 0.717) is 19.0 Å². The summed E-state index contributed by atoms with van der Waals surface area (Å²) in [4.78, 5) is 33.9. The highest BCUT2D eigenvalue weighted by Crippen LogP contribution is 2.21. The first kappa shape index (κ1) is 23.3. The Balaban J connectivity index is 1.48. The van der Waals surface area contributed by atoms with Gasteiger partial charge in [-0.2, -0.15) is 0 Å². The molecule has 172 valence electrons. The van der Waals surface area contributed by atoms with E-state index in [-0.39, 0.29) is 17.6 Å². The van der Waals surface area contributed by atoms with E-state index in [1.165, 1.54) is 7.11 Å². The molecule has 0 atom stereocenters. The van der Waals surface area contributed by atoms with Gasteiger partial charge < -0.3 is 19.4 Å². The average Bonchev–Trinajstić information content (AvgIpc) is 3.09. The maximum Gasteiger partial charge on any atom is 0.326 e. The fourth-order valence-electron chi connectivity index (χ4n) is 4.24. The number of carbonyl (C=O) groups excluding carboxylic acids is 1. The Hall–Kier alpha value is -2.35. The predicted molar refractivity (Wildman–Crippen MR) is 121 cm³/mol. The van der Waals surface area contributed by atoms with Crippen LogP contribution in [0.15, 0.2) is 10.9 Å². The Morgan fingerprint density at radius 2 is 1.94 bits per heavy atom. The fourth-order valence-corrected chi connectivity index (χ4v) is 4.24. The van der Waals surface area contributed by atoms with Crippen LogP contribution in [0.1, 0.15) is 57.6 Å². The predicted octanol–water partition coefficient (Wildman–Crippen LogP) is 3.27. The fraction of sp³-hybridized carbons (Fsp3) is 0.696. The molecule has 0 spiro atoms.